The highest BCUT2D eigenvalue weighted by Crippen LogP contribution is 2.33. The lowest BCUT2D eigenvalue weighted by Gasteiger charge is -2.48. The molecule has 3 heterocycles. The molecule has 0 bridgehead atoms. The molecule has 90 heavy (non-hydrogen) atoms. The predicted molar refractivity (Wildman–Crippen MR) is 351 cm³/mol. The van der Waals surface area contributed by atoms with Crippen molar-refractivity contribution in [2.24, 2.45) is 0 Å². The van der Waals surface area contributed by atoms with E-state index < -0.39 is 124 Å². The number of amides is 1. The molecule has 17 unspecified atom stereocenters. The van der Waals surface area contributed by atoms with Crippen molar-refractivity contribution in [1.82, 2.24) is 5.32 Å². The van der Waals surface area contributed by atoms with Gasteiger partial charge in [0, 0.05) is 6.42 Å². The Morgan fingerprint density at radius 3 is 1.18 bits per heavy atom. The molecular formula is C71H125NO18. The topological polar surface area (TPSA) is 307 Å². The van der Waals surface area contributed by atoms with Crippen molar-refractivity contribution in [2.75, 3.05) is 26.4 Å². The SMILES string of the molecule is CC/C=C\C/C=C\C/C=C\C/C=C\C/C=C\C/C=C\CCCCC(=O)NC(COC1OC(CO)C(OC2OC(CO)C(OC3OC(CO)C(O)C(O)C3O)C(O)C2O)C(O)C1O)C(O)CCCCCCCCCCCCCCCCCCCCCCCCCC. The first kappa shape index (κ1) is 81.5. The van der Waals surface area contributed by atoms with E-state index in [9.17, 15) is 61.0 Å². The van der Waals surface area contributed by atoms with Crippen molar-refractivity contribution >= 4 is 5.91 Å². The minimum Gasteiger partial charge on any atom is -0.394 e. The van der Waals surface area contributed by atoms with E-state index in [0.717, 1.165) is 70.6 Å². The van der Waals surface area contributed by atoms with Crippen LogP contribution in [0.3, 0.4) is 0 Å². The van der Waals surface area contributed by atoms with E-state index in [2.05, 4.69) is 92.1 Å². The minimum absolute atomic E-state index is 0.208. The lowest BCUT2D eigenvalue weighted by Crippen LogP contribution is -2.66. The molecule has 19 heteroatoms. The van der Waals surface area contributed by atoms with Gasteiger partial charge < -0.3 is 89.9 Å². The van der Waals surface area contributed by atoms with Gasteiger partial charge in [0.2, 0.25) is 5.91 Å². The summed E-state index contributed by atoms with van der Waals surface area (Å²) in [6, 6.07) is -0.916. The molecule has 3 aliphatic rings. The molecule has 0 aromatic rings. The van der Waals surface area contributed by atoms with Crippen LogP contribution >= 0.6 is 0 Å². The molecule has 12 N–H and O–H groups in total. The van der Waals surface area contributed by atoms with E-state index in [4.69, 9.17) is 28.4 Å². The molecule has 3 rings (SSSR count). The molecular weight excluding hydrogens is 1150 g/mol. The zero-order chi connectivity index (χ0) is 65.4. The molecule has 0 saturated carbocycles. The maximum Gasteiger partial charge on any atom is 0.220 e. The van der Waals surface area contributed by atoms with Gasteiger partial charge >= 0.3 is 0 Å². The van der Waals surface area contributed by atoms with Gasteiger partial charge in [-0.2, -0.15) is 0 Å². The van der Waals surface area contributed by atoms with Crippen molar-refractivity contribution in [2.45, 2.75) is 343 Å². The van der Waals surface area contributed by atoms with Gasteiger partial charge in [0.1, 0.15) is 73.2 Å². The fraction of sp³-hybridized carbons (Fsp3) is 0.817. The molecule has 19 nitrogen and oxygen atoms in total. The van der Waals surface area contributed by atoms with E-state index in [1.807, 2.05) is 0 Å². The Bertz CT molecular complexity index is 1920. The molecule has 3 aliphatic heterocycles. The summed E-state index contributed by atoms with van der Waals surface area (Å²) in [5.41, 5.74) is 0. The molecule has 3 fully saturated rings. The number of rotatable bonds is 53. The number of nitrogens with one attached hydrogen (secondary N) is 1. The Labute approximate surface area is 540 Å². The first-order chi connectivity index (χ1) is 43.8. The van der Waals surface area contributed by atoms with Crippen LogP contribution in [0.5, 0.6) is 0 Å². The second-order valence-electron chi connectivity index (χ2n) is 25.0. The van der Waals surface area contributed by atoms with Crippen molar-refractivity contribution < 1.29 is 89.4 Å². The molecule has 1 amide bonds. The number of hydrogen-bond donors (Lipinski definition) is 12. The van der Waals surface area contributed by atoms with E-state index in [1.165, 1.54) is 128 Å². The van der Waals surface area contributed by atoms with Gasteiger partial charge in [-0.3, -0.25) is 4.79 Å². The summed E-state index contributed by atoms with van der Waals surface area (Å²) in [6.45, 7) is 1.66. The summed E-state index contributed by atoms with van der Waals surface area (Å²) in [4.78, 5) is 13.4. The summed E-state index contributed by atoms with van der Waals surface area (Å²) < 4.78 is 34.4. The van der Waals surface area contributed by atoms with Gasteiger partial charge in [0.15, 0.2) is 18.9 Å². The number of allylic oxidation sites excluding steroid dienone is 12. The van der Waals surface area contributed by atoms with E-state index >= 15 is 0 Å². The van der Waals surface area contributed by atoms with E-state index in [0.29, 0.717) is 19.3 Å². The maximum absolute atomic E-state index is 13.4. The standard InChI is InChI=1S/C71H125NO18/c1-3-5-7-9-11-13-15-17-19-21-23-25-26-27-29-30-32-34-36-38-40-42-44-46-48-55(76)54(72-59(77)49-47-45-43-41-39-37-35-33-31-28-24-22-20-18-16-14-12-10-8-6-4-2)53-85-69-65(83)62(80)67(57(51-74)87-69)90-71-66(84)63(81)68(58(52-75)88-71)89-70-64(82)61(79)60(78)56(50-73)86-70/h6,8,12,14,18,20,24,28,33,35,39,41,54-58,60-71,73-76,78-84H,3-5,7,9-11,13,15-17,19,21-23,25-27,29-32,34,36-38,40,42-53H2,1-2H3,(H,72,77)/b8-6-,14-12-,20-18-,28-24-,35-33-,41-39-. The number of ether oxygens (including phenoxy) is 6. The molecule has 0 aromatic carbocycles. The van der Waals surface area contributed by atoms with Crippen molar-refractivity contribution in [3.63, 3.8) is 0 Å². The summed E-state index contributed by atoms with van der Waals surface area (Å²) in [7, 11) is 0. The third kappa shape index (κ3) is 34.1. The van der Waals surface area contributed by atoms with Crippen LogP contribution in [0.25, 0.3) is 0 Å². The Kier molecular flexibility index (Phi) is 47.5. The highest BCUT2D eigenvalue weighted by atomic mass is 16.8. The average molecular weight is 1280 g/mol. The average Bonchev–Trinajstić information content (AvgIpc) is 0.853. The maximum atomic E-state index is 13.4. The third-order valence-corrected chi connectivity index (χ3v) is 17.3. The first-order valence-corrected chi connectivity index (χ1v) is 35.2. The van der Waals surface area contributed by atoms with Crippen LogP contribution in [0.1, 0.15) is 239 Å². The second kappa shape index (κ2) is 52.5. The summed E-state index contributed by atoms with van der Waals surface area (Å²) >= 11 is 0. The van der Waals surface area contributed by atoms with Crippen LogP contribution in [0, 0.1) is 0 Å². The first-order valence-electron chi connectivity index (χ1n) is 35.2. The second-order valence-corrected chi connectivity index (χ2v) is 25.0. The van der Waals surface area contributed by atoms with Gasteiger partial charge in [-0.15, -0.1) is 0 Å². The van der Waals surface area contributed by atoms with E-state index in [-0.39, 0.29) is 18.9 Å². The Morgan fingerprint density at radius 1 is 0.411 bits per heavy atom. The quantitative estimate of drug-likeness (QED) is 0.0199. The molecule has 0 aliphatic carbocycles. The molecule has 17 atom stereocenters. The zero-order valence-electron chi connectivity index (χ0n) is 55.1. The predicted octanol–water partition coefficient (Wildman–Crippen LogP) is 9.33. The number of carbonyl (C=O) groups is 1. The third-order valence-electron chi connectivity index (χ3n) is 17.3. The van der Waals surface area contributed by atoms with Crippen molar-refractivity contribution in [3.8, 4) is 0 Å². The fourth-order valence-corrected chi connectivity index (χ4v) is 11.6. The highest BCUT2D eigenvalue weighted by Gasteiger charge is 2.53. The zero-order valence-corrected chi connectivity index (χ0v) is 55.1. The summed E-state index contributed by atoms with van der Waals surface area (Å²) in [6.07, 6.45) is 38.4. The van der Waals surface area contributed by atoms with Crippen molar-refractivity contribution in [1.29, 1.82) is 0 Å². The summed E-state index contributed by atoms with van der Waals surface area (Å²) in [5.74, 6) is -0.285. The largest absolute Gasteiger partial charge is 0.394 e. The number of aliphatic hydroxyl groups excluding tert-OH is 11. The van der Waals surface area contributed by atoms with Crippen LogP contribution in [-0.2, 0) is 33.2 Å². The van der Waals surface area contributed by atoms with Gasteiger partial charge in [0.05, 0.1) is 38.6 Å². The lowest BCUT2D eigenvalue weighted by atomic mass is 9.96. The molecule has 3 saturated heterocycles. The normalized spacial score (nSPS) is 28.5. The lowest BCUT2D eigenvalue weighted by molar-refractivity contribution is -0.379. The van der Waals surface area contributed by atoms with E-state index in [1.54, 1.807) is 0 Å². The Morgan fingerprint density at radius 2 is 0.767 bits per heavy atom. The summed E-state index contributed by atoms with van der Waals surface area (Å²) in [5, 5.41) is 121. The van der Waals surface area contributed by atoms with Crippen LogP contribution in [0.4, 0.5) is 0 Å². The molecule has 0 aromatic heterocycles. The van der Waals surface area contributed by atoms with Gasteiger partial charge in [-0.25, -0.2) is 0 Å². The van der Waals surface area contributed by atoms with Gasteiger partial charge in [-0.05, 0) is 64.2 Å². The van der Waals surface area contributed by atoms with Crippen LogP contribution in [0.15, 0.2) is 72.9 Å². The number of unbranched alkanes of at least 4 members (excludes halogenated alkanes) is 25. The van der Waals surface area contributed by atoms with Gasteiger partial charge in [-0.1, -0.05) is 241 Å². The number of hydrogen-bond acceptors (Lipinski definition) is 18. The van der Waals surface area contributed by atoms with Gasteiger partial charge in [0.25, 0.3) is 0 Å². The minimum atomic E-state index is -1.98. The smallest absolute Gasteiger partial charge is 0.220 e. The Balaban J connectivity index is 1.45. The van der Waals surface area contributed by atoms with Crippen molar-refractivity contribution in [3.05, 3.63) is 72.9 Å². The monoisotopic (exact) mass is 1280 g/mol. The fourth-order valence-electron chi connectivity index (χ4n) is 11.6. The van der Waals surface area contributed by atoms with Crippen LogP contribution < -0.4 is 5.32 Å². The highest BCUT2D eigenvalue weighted by molar-refractivity contribution is 5.76. The molecule has 522 valence electrons. The number of carbonyl (C=O) groups excluding carboxylic acids is 1. The Hall–Kier alpha value is -2.77. The molecule has 0 radical (unpaired) electrons. The van der Waals surface area contributed by atoms with Crippen LogP contribution in [0.2, 0.25) is 0 Å². The van der Waals surface area contributed by atoms with Crippen LogP contribution in [-0.4, -0.2) is 193 Å². The number of aliphatic hydroxyl groups is 11. The molecule has 0 spiro atoms.